The molecule has 254 valence electrons. The molecular formula is C40H38FN5O4. The average molecular weight is 672 g/mol. The molecule has 0 spiro atoms. The summed E-state index contributed by atoms with van der Waals surface area (Å²) < 4.78 is 15.8. The number of aromatic nitrogens is 1. The van der Waals surface area contributed by atoms with Crippen LogP contribution in [0.15, 0.2) is 103 Å². The maximum Gasteiger partial charge on any atom is 0.247 e. The predicted molar refractivity (Wildman–Crippen MR) is 191 cm³/mol. The summed E-state index contributed by atoms with van der Waals surface area (Å²) in [5, 5.41) is 6.13. The molecule has 2 atom stereocenters. The van der Waals surface area contributed by atoms with Gasteiger partial charge in [0.15, 0.2) is 5.82 Å². The molecule has 0 bridgehead atoms. The van der Waals surface area contributed by atoms with Crippen LogP contribution >= 0.6 is 0 Å². The van der Waals surface area contributed by atoms with Crippen LogP contribution < -0.4 is 10.6 Å². The van der Waals surface area contributed by atoms with Gasteiger partial charge in [-0.1, -0.05) is 72.8 Å². The van der Waals surface area contributed by atoms with E-state index in [1.807, 2.05) is 60.7 Å². The van der Waals surface area contributed by atoms with Crippen LogP contribution in [0.25, 0.3) is 22.2 Å². The summed E-state index contributed by atoms with van der Waals surface area (Å²) in [5.74, 6) is -1.17. The molecule has 2 fully saturated rings. The molecule has 4 amide bonds. The lowest BCUT2D eigenvalue weighted by atomic mass is 10.1. The number of rotatable bonds is 9. The van der Waals surface area contributed by atoms with Crippen molar-refractivity contribution in [3.8, 4) is 11.3 Å². The first-order valence-corrected chi connectivity index (χ1v) is 17.0. The zero-order valence-electron chi connectivity index (χ0n) is 27.5. The number of halogens is 1. The van der Waals surface area contributed by atoms with E-state index in [2.05, 4.69) is 15.6 Å². The van der Waals surface area contributed by atoms with Gasteiger partial charge >= 0.3 is 0 Å². The third-order valence-corrected chi connectivity index (χ3v) is 9.59. The molecule has 1 unspecified atom stereocenters. The number of hydrogen-bond donors (Lipinski definition) is 3. The zero-order valence-corrected chi connectivity index (χ0v) is 27.5. The van der Waals surface area contributed by atoms with Gasteiger partial charge in [0.1, 0.15) is 12.1 Å². The highest BCUT2D eigenvalue weighted by Crippen LogP contribution is 2.32. The molecule has 1 aromatic heterocycles. The number of H-pyrrole nitrogens is 1. The second kappa shape index (κ2) is 14.4. The van der Waals surface area contributed by atoms with Crippen molar-refractivity contribution < 1.29 is 23.6 Å². The van der Waals surface area contributed by atoms with Crippen LogP contribution in [0.3, 0.4) is 0 Å². The van der Waals surface area contributed by atoms with E-state index in [0.29, 0.717) is 53.8 Å². The van der Waals surface area contributed by atoms with E-state index in [-0.39, 0.29) is 42.2 Å². The highest BCUT2D eigenvalue weighted by molar-refractivity contribution is 6.00. The van der Waals surface area contributed by atoms with Gasteiger partial charge < -0.3 is 25.4 Å². The van der Waals surface area contributed by atoms with Gasteiger partial charge in [-0.2, -0.15) is 0 Å². The smallest absolute Gasteiger partial charge is 0.247 e. The summed E-state index contributed by atoms with van der Waals surface area (Å²) >= 11 is 0. The maximum atomic E-state index is 15.8. The Labute approximate surface area is 289 Å². The fourth-order valence-corrected chi connectivity index (χ4v) is 7.03. The number of carbonyl (C=O) groups excluding carboxylic acids is 4. The van der Waals surface area contributed by atoms with Crippen LogP contribution in [-0.4, -0.2) is 63.6 Å². The monoisotopic (exact) mass is 671 g/mol. The van der Waals surface area contributed by atoms with E-state index < -0.39 is 17.9 Å². The van der Waals surface area contributed by atoms with Crippen LogP contribution in [0.5, 0.6) is 0 Å². The Morgan fingerprint density at radius 1 is 0.660 bits per heavy atom. The molecule has 2 saturated heterocycles. The first-order chi connectivity index (χ1) is 24.3. The minimum atomic E-state index is -0.584. The fourth-order valence-electron chi connectivity index (χ4n) is 7.03. The number of nitrogens with zero attached hydrogens (tertiary/aromatic N) is 2. The first kappa shape index (κ1) is 32.8. The van der Waals surface area contributed by atoms with E-state index >= 15 is 4.39 Å². The van der Waals surface area contributed by atoms with Crippen molar-refractivity contribution in [2.24, 2.45) is 0 Å². The van der Waals surface area contributed by atoms with Crippen molar-refractivity contribution in [1.82, 2.24) is 14.8 Å². The Morgan fingerprint density at radius 3 is 1.70 bits per heavy atom. The van der Waals surface area contributed by atoms with Gasteiger partial charge in [0.05, 0.1) is 18.5 Å². The predicted octanol–water partition coefficient (Wildman–Crippen LogP) is 6.32. The molecule has 4 aromatic carbocycles. The first-order valence-electron chi connectivity index (χ1n) is 17.0. The van der Waals surface area contributed by atoms with Crippen LogP contribution in [0.1, 0.15) is 36.8 Å². The summed E-state index contributed by atoms with van der Waals surface area (Å²) in [6, 6.07) is 29.7. The maximum absolute atomic E-state index is 15.8. The number of anilines is 2. The molecule has 5 aromatic rings. The summed E-state index contributed by atoms with van der Waals surface area (Å²) in [4.78, 5) is 58.9. The summed E-state index contributed by atoms with van der Waals surface area (Å²) in [6.45, 7) is 1.07. The Balaban J connectivity index is 0.991. The Hall–Kier alpha value is -5.77. The van der Waals surface area contributed by atoms with E-state index in [1.165, 1.54) is 0 Å². The number of hydrogen-bond acceptors (Lipinski definition) is 4. The topological polar surface area (TPSA) is 115 Å². The standard InChI is InChI=1S/C40H38FN5O4/c41-37-31-25-30(43-40(50)34-14-8-22-46(34)36(48)24-27-11-5-2-6-12-27)19-20-32(31)44-38(37)28-15-17-29(18-16-28)42-39(49)33-13-7-21-45(33)35(47)23-26-9-3-1-4-10-26/h1-6,9-12,15-20,25,33-34,44H,7-8,13-14,21-24H2,(H,42,49)(H,43,50)/t33?,34-/m0/s1. The number of fused-ring (bicyclic) bond motifs is 1. The molecule has 0 radical (unpaired) electrons. The molecule has 2 aliphatic rings. The zero-order chi connectivity index (χ0) is 34.6. The third kappa shape index (κ3) is 7.01. The molecule has 9 nitrogen and oxygen atoms in total. The number of amides is 4. The third-order valence-electron chi connectivity index (χ3n) is 9.59. The lowest BCUT2D eigenvalue weighted by Crippen LogP contribution is -2.43. The molecule has 7 rings (SSSR count). The number of nitrogens with one attached hydrogen (secondary N) is 3. The highest BCUT2D eigenvalue weighted by Gasteiger charge is 2.35. The lowest BCUT2D eigenvalue weighted by Gasteiger charge is -2.24. The summed E-state index contributed by atoms with van der Waals surface area (Å²) in [7, 11) is 0. The summed E-state index contributed by atoms with van der Waals surface area (Å²) in [5.41, 5.74) is 4.23. The Bertz CT molecular complexity index is 2030. The van der Waals surface area contributed by atoms with Gasteiger partial charge in [0.25, 0.3) is 0 Å². The highest BCUT2D eigenvalue weighted by atomic mass is 19.1. The van der Waals surface area contributed by atoms with Gasteiger partial charge in [0, 0.05) is 40.9 Å². The molecular weight excluding hydrogens is 633 g/mol. The molecule has 10 heteroatoms. The van der Waals surface area contributed by atoms with E-state index in [0.717, 1.165) is 24.0 Å². The van der Waals surface area contributed by atoms with Gasteiger partial charge in [-0.15, -0.1) is 0 Å². The Kier molecular flexibility index (Phi) is 9.42. The van der Waals surface area contributed by atoms with Crippen molar-refractivity contribution in [2.75, 3.05) is 23.7 Å². The van der Waals surface area contributed by atoms with Crippen LogP contribution in [0.2, 0.25) is 0 Å². The minimum Gasteiger partial charge on any atom is -0.352 e. The number of likely N-dealkylation sites (tertiary alicyclic amines) is 2. The van der Waals surface area contributed by atoms with E-state index in [4.69, 9.17) is 0 Å². The molecule has 0 aliphatic carbocycles. The Morgan fingerprint density at radius 2 is 1.16 bits per heavy atom. The molecule has 2 aliphatic heterocycles. The van der Waals surface area contributed by atoms with E-state index in [9.17, 15) is 19.2 Å². The van der Waals surface area contributed by atoms with Gasteiger partial charge in [-0.3, -0.25) is 19.2 Å². The normalized spacial score (nSPS) is 17.2. The SMILES string of the molecule is O=C(Nc1ccc(-c2[nH]c3ccc(NC(=O)[C@@H]4CCCN4C(=O)Cc4ccccc4)cc3c2F)cc1)C1CCCN1C(=O)Cc1ccccc1. The van der Waals surface area contributed by atoms with Crippen molar-refractivity contribution >= 4 is 45.9 Å². The van der Waals surface area contributed by atoms with Crippen LogP contribution in [-0.2, 0) is 32.0 Å². The average Bonchev–Trinajstić information content (AvgIpc) is 3.89. The van der Waals surface area contributed by atoms with E-state index in [1.54, 1.807) is 52.3 Å². The largest absolute Gasteiger partial charge is 0.352 e. The molecule has 50 heavy (non-hydrogen) atoms. The van der Waals surface area contributed by atoms with Crippen molar-refractivity contribution in [1.29, 1.82) is 0 Å². The number of carbonyl (C=O) groups is 4. The second-order valence-electron chi connectivity index (χ2n) is 12.9. The van der Waals surface area contributed by atoms with Gasteiger partial charge in [-0.05, 0) is 67.1 Å². The van der Waals surface area contributed by atoms with Crippen LogP contribution in [0, 0.1) is 5.82 Å². The van der Waals surface area contributed by atoms with Crippen molar-refractivity contribution in [3.05, 3.63) is 120 Å². The van der Waals surface area contributed by atoms with Gasteiger partial charge in [0.2, 0.25) is 23.6 Å². The van der Waals surface area contributed by atoms with Crippen molar-refractivity contribution in [2.45, 2.75) is 50.6 Å². The lowest BCUT2D eigenvalue weighted by molar-refractivity contribution is -0.136. The molecule has 0 saturated carbocycles. The minimum absolute atomic E-state index is 0.0735. The summed E-state index contributed by atoms with van der Waals surface area (Å²) in [6.07, 6.45) is 3.14. The number of aromatic amines is 1. The van der Waals surface area contributed by atoms with Crippen LogP contribution in [0.4, 0.5) is 15.8 Å². The number of benzene rings is 4. The fraction of sp³-hybridized carbons (Fsp3) is 0.250. The molecule has 3 heterocycles. The van der Waals surface area contributed by atoms with Gasteiger partial charge in [-0.25, -0.2) is 4.39 Å². The van der Waals surface area contributed by atoms with Crippen molar-refractivity contribution in [3.63, 3.8) is 0 Å². The second-order valence-corrected chi connectivity index (χ2v) is 12.9. The quantitative estimate of drug-likeness (QED) is 0.170. The molecule has 3 N–H and O–H groups in total.